The van der Waals surface area contributed by atoms with E-state index in [1.165, 1.54) is 0 Å². The highest BCUT2D eigenvalue weighted by atomic mass is 79.9. The van der Waals surface area contributed by atoms with Crippen LogP contribution < -0.4 is 10.1 Å². The van der Waals surface area contributed by atoms with E-state index in [2.05, 4.69) is 49.8 Å². The van der Waals surface area contributed by atoms with E-state index in [0.29, 0.717) is 11.1 Å². The highest BCUT2D eigenvalue weighted by Gasteiger charge is 2.16. The Labute approximate surface area is 123 Å². The molecule has 0 spiro atoms. The van der Waals surface area contributed by atoms with Gasteiger partial charge in [-0.3, -0.25) is 0 Å². The summed E-state index contributed by atoms with van der Waals surface area (Å²) in [5, 5.41) is 2.99. The van der Waals surface area contributed by atoms with E-state index in [1.807, 2.05) is 19.1 Å². The first kappa shape index (κ1) is 14.9. The van der Waals surface area contributed by atoms with Crippen molar-refractivity contribution in [1.82, 2.24) is 5.32 Å². The molecule has 0 aromatic heterocycles. The molecule has 6 heteroatoms. The lowest BCUT2D eigenvalue weighted by Crippen LogP contribution is -2.39. The third-order valence-corrected chi connectivity index (χ3v) is 5.30. The first-order valence-corrected chi connectivity index (χ1v) is 7.51. The molecule has 0 aliphatic carbocycles. The predicted octanol–water partition coefficient (Wildman–Crippen LogP) is 3.50. The number of amides is 1. The van der Waals surface area contributed by atoms with Gasteiger partial charge in [-0.05, 0) is 19.1 Å². The lowest BCUT2D eigenvalue weighted by Gasteiger charge is -2.16. The molecule has 1 amide bonds. The fraction of sp³-hybridized carbons (Fsp3) is 0.364. The van der Waals surface area contributed by atoms with Gasteiger partial charge in [-0.15, -0.1) is 0 Å². The van der Waals surface area contributed by atoms with Crippen molar-refractivity contribution in [2.24, 2.45) is 0 Å². The van der Waals surface area contributed by atoms with Gasteiger partial charge in [0.1, 0.15) is 5.75 Å². The van der Waals surface area contributed by atoms with Gasteiger partial charge in [-0.1, -0.05) is 49.6 Å². The van der Waals surface area contributed by atoms with Crippen molar-refractivity contribution in [3.05, 3.63) is 29.8 Å². The first-order valence-electron chi connectivity index (χ1n) is 4.96. The quantitative estimate of drug-likeness (QED) is 0.475. The number of aryl methyl sites for hydroxylation is 1. The minimum absolute atomic E-state index is 0.0383. The third-order valence-electron chi connectivity index (χ3n) is 1.99. The highest BCUT2D eigenvalue weighted by Crippen LogP contribution is 2.14. The van der Waals surface area contributed by atoms with Crippen LogP contribution in [-0.4, -0.2) is 21.6 Å². The van der Waals surface area contributed by atoms with E-state index in [-0.39, 0.29) is 10.2 Å². The van der Waals surface area contributed by atoms with Crippen LogP contribution in [0.2, 0.25) is 0 Å². The molecule has 0 aliphatic heterocycles. The second-order valence-corrected chi connectivity index (χ2v) is 5.84. The molecule has 2 unspecified atom stereocenters. The fourth-order valence-corrected chi connectivity index (χ4v) is 2.04. The number of hydrogen-bond donors (Lipinski definition) is 2. The molecule has 0 aliphatic rings. The summed E-state index contributed by atoms with van der Waals surface area (Å²) in [4.78, 5) is 11.5. The van der Waals surface area contributed by atoms with Gasteiger partial charge >= 0.3 is 6.09 Å². The van der Waals surface area contributed by atoms with Gasteiger partial charge in [0.25, 0.3) is 0 Å². The van der Waals surface area contributed by atoms with E-state index in [1.54, 1.807) is 12.1 Å². The van der Waals surface area contributed by atoms with Crippen LogP contribution in [-0.2, 0) is 0 Å². The third kappa shape index (κ3) is 5.31. The van der Waals surface area contributed by atoms with Gasteiger partial charge in [0, 0.05) is 5.33 Å². The topological polar surface area (TPSA) is 38.3 Å². The molecule has 17 heavy (non-hydrogen) atoms. The Morgan fingerprint density at radius 2 is 2.06 bits per heavy atom. The Bertz CT molecular complexity index is 372. The lowest BCUT2D eigenvalue weighted by molar-refractivity contribution is 0.199. The molecule has 1 N–H and O–H groups in total. The number of ether oxygens (including phenoxy) is 1. The largest absolute Gasteiger partial charge is 0.413 e. The molecule has 2 atom stereocenters. The summed E-state index contributed by atoms with van der Waals surface area (Å²) in [7, 11) is 0. The Kier molecular flexibility index (Phi) is 6.37. The van der Waals surface area contributed by atoms with E-state index < -0.39 is 6.09 Å². The van der Waals surface area contributed by atoms with Gasteiger partial charge in [0.2, 0.25) is 0 Å². The summed E-state index contributed by atoms with van der Waals surface area (Å²) in [6, 6.07) is 7.26. The van der Waals surface area contributed by atoms with Gasteiger partial charge < -0.3 is 10.1 Å². The second kappa shape index (κ2) is 7.28. The molecule has 94 valence electrons. The average molecular weight is 383 g/mol. The fourth-order valence-electron chi connectivity index (χ4n) is 1.04. The molecule has 1 rings (SSSR count). The van der Waals surface area contributed by atoms with Gasteiger partial charge in [-0.25, -0.2) is 4.79 Å². The number of carbonyl (C=O) groups excluding carboxylic acids is 1. The predicted molar refractivity (Wildman–Crippen MR) is 79.6 cm³/mol. The smallest absolute Gasteiger partial charge is 0.410 e. The number of hydrogen-bond acceptors (Lipinski definition) is 3. The molecule has 0 saturated carbocycles. The van der Waals surface area contributed by atoms with E-state index in [9.17, 15) is 4.79 Å². The standard InChI is InChI=1S/C11H13Br2NO2S/c1-7-2-4-8(5-3-7)16-11(15)14-10(17)9(13)6-12/h2-5,9-10,17H,6H2,1H3,(H,14,15). The summed E-state index contributed by atoms with van der Waals surface area (Å²) >= 11 is 10.9. The van der Waals surface area contributed by atoms with Gasteiger partial charge in [-0.2, -0.15) is 12.6 Å². The number of carbonyl (C=O) groups is 1. The van der Waals surface area contributed by atoms with Crippen LogP contribution in [0.5, 0.6) is 5.75 Å². The molecular weight excluding hydrogens is 370 g/mol. The summed E-state index contributed by atoms with van der Waals surface area (Å²) in [6.07, 6.45) is -0.515. The number of nitrogens with one attached hydrogen (secondary N) is 1. The Morgan fingerprint density at radius 1 is 1.47 bits per heavy atom. The van der Waals surface area contributed by atoms with Crippen LogP contribution in [0, 0.1) is 6.92 Å². The normalized spacial score (nSPS) is 13.9. The number of rotatable bonds is 4. The summed E-state index contributed by atoms with van der Waals surface area (Å²) in [6.45, 7) is 1.97. The van der Waals surface area contributed by atoms with E-state index in [4.69, 9.17) is 4.74 Å². The molecule has 3 nitrogen and oxygen atoms in total. The molecule has 0 heterocycles. The monoisotopic (exact) mass is 381 g/mol. The van der Waals surface area contributed by atoms with Crippen molar-refractivity contribution < 1.29 is 9.53 Å². The molecule has 0 fully saturated rings. The number of alkyl halides is 2. The maximum atomic E-state index is 11.5. The Morgan fingerprint density at radius 3 is 2.59 bits per heavy atom. The van der Waals surface area contributed by atoms with Crippen LogP contribution in [0.4, 0.5) is 4.79 Å². The van der Waals surface area contributed by atoms with E-state index in [0.717, 1.165) is 5.56 Å². The van der Waals surface area contributed by atoms with Crippen LogP contribution in [0.3, 0.4) is 0 Å². The summed E-state index contributed by atoms with van der Waals surface area (Å²) in [5.41, 5.74) is 1.12. The SMILES string of the molecule is Cc1ccc(OC(=O)NC(S)C(Br)CBr)cc1. The minimum atomic E-state index is -0.515. The van der Waals surface area contributed by atoms with Crippen molar-refractivity contribution >= 4 is 50.6 Å². The second-order valence-electron chi connectivity index (χ2n) is 3.46. The van der Waals surface area contributed by atoms with Gasteiger partial charge in [0.05, 0.1) is 10.2 Å². The molecular formula is C11H13Br2NO2S. The molecule has 1 aromatic carbocycles. The van der Waals surface area contributed by atoms with Crippen LogP contribution >= 0.6 is 44.5 Å². The molecule has 1 aromatic rings. The highest BCUT2D eigenvalue weighted by molar-refractivity contribution is 9.12. The van der Waals surface area contributed by atoms with Crippen molar-refractivity contribution in [1.29, 1.82) is 0 Å². The number of benzene rings is 1. The van der Waals surface area contributed by atoms with Crippen LogP contribution in [0.15, 0.2) is 24.3 Å². The Hall–Kier alpha value is -0.200. The van der Waals surface area contributed by atoms with Crippen LogP contribution in [0.1, 0.15) is 5.56 Å². The zero-order valence-corrected chi connectivity index (χ0v) is 13.3. The number of halogens is 2. The average Bonchev–Trinajstić information content (AvgIpc) is 2.30. The summed E-state index contributed by atoms with van der Waals surface area (Å²) in [5.74, 6) is 0.513. The lowest BCUT2D eigenvalue weighted by atomic mass is 10.2. The van der Waals surface area contributed by atoms with Crippen molar-refractivity contribution in [2.45, 2.75) is 17.1 Å². The van der Waals surface area contributed by atoms with E-state index >= 15 is 0 Å². The maximum absolute atomic E-state index is 11.5. The molecule has 0 radical (unpaired) electrons. The van der Waals surface area contributed by atoms with Crippen molar-refractivity contribution in [3.8, 4) is 5.75 Å². The molecule has 0 bridgehead atoms. The zero-order valence-electron chi connectivity index (χ0n) is 9.19. The summed E-state index contributed by atoms with van der Waals surface area (Å²) < 4.78 is 5.10. The Balaban J connectivity index is 2.47. The maximum Gasteiger partial charge on any atom is 0.413 e. The minimum Gasteiger partial charge on any atom is -0.410 e. The zero-order chi connectivity index (χ0) is 12.8. The van der Waals surface area contributed by atoms with Crippen molar-refractivity contribution in [2.75, 3.05) is 5.33 Å². The number of thiol groups is 1. The van der Waals surface area contributed by atoms with Crippen LogP contribution in [0.25, 0.3) is 0 Å². The molecule has 0 saturated heterocycles. The van der Waals surface area contributed by atoms with Gasteiger partial charge in [0.15, 0.2) is 0 Å². The van der Waals surface area contributed by atoms with Crippen molar-refractivity contribution in [3.63, 3.8) is 0 Å². The first-order chi connectivity index (χ1) is 8.02.